The Bertz CT molecular complexity index is 1030. The summed E-state index contributed by atoms with van der Waals surface area (Å²) in [4.78, 5) is 2.48. The van der Waals surface area contributed by atoms with Gasteiger partial charge in [0.2, 0.25) is 0 Å². The third-order valence-corrected chi connectivity index (χ3v) is 5.08. The highest BCUT2D eigenvalue weighted by Gasteiger charge is 2.17. The Morgan fingerprint density at radius 3 is 1.96 bits per heavy atom. The van der Waals surface area contributed by atoms with Crippen LogP contribution < -0.4 is 4.90 Å². The Kier molecular flexibility index (Phi) is 4.20. The monoisotopic (exact) mass is 342 g/mol. The molecule has 0 fully saturated rings. The maximum Gasteiger partial charge on any atom is 0.0561 e. The van der Waals surface area contributed by atoms with E-state index in [0.717, 1.165) is 0 Å². The number of benzene rings is 3. The zero-order chi connectivity index (χ0) is 18.3. The number of nitrogens with zero attached hydrogens (tertiary/aromatic N) is 2. The molecule has 0 amide bonds. The fraction of sp³-hybridized carbons (Fsp3) is 0.250. The third-order valence-electron chi connectivity index (χ3n) is 5.08. The van der Waals surface area contributed by atoms with E-state index in [1.54, 1.807) is 0 Å². The number of para-hydroxylation sites is 2. The summed E-state index contributed by atoms with van der Waals surface area (Å²) in [5, 5.41) is 2.61. The Hall–Kier alpha value is -2.74. The van der Waals surface area contributed by atoms with E-state index in [9.17, 15) is 0 Å². The van der Waals surface area contributed by atoms with Crippen LogP contribution in [0.25, 0.3) is 27.5 Å². The van der Waals surface area contributed by atoms with Crippen molar-refractivity contribution in [1.29, 1.82) is 0 Å². The van der Waals surface area contributed by atoms with E-state index in [4.69, 9.17) is 0 Å². The number of aromatic nitrogens is 1. The summed E-state index contributed by atoms with van der Waals surface area (Å²) >= 11 is 0. The van der Waals surface area contributed by atoms with Crippen molar-refractivity contribution in [1.82, 2.24) is 4.57 Å². The van der Waals surface area contributed by atoms with E-state index >= 15 is 0 Å². The van der Waals surface area contributed by atoms with Gasteiger partial charge in [-0.1, -0.05) is 42.5 Å². The second-order valence-electron chi connectivity index (χ2n) is 7.48. The number of hydrogen-bond acceptors (Lipinski definition) is 1. The van der Waals surface area contributed by atoms with Crippen molar-refractivity contribution in [3.05, 3.63) is 72.8 Å². The Balaban J connectivity index is 2.05. The van der Waals surface area contributed by atoms with Gasteiger partial charge in [0, 0.05) is 34.2 Å². The average molecular weight is 342 g/mol. The molecule has 26 heavy (non-hydrogen) atoms. The van der Waals surface area contributed by atoms with Gasteiger partial charge in [-0.15, -0.1) is 0 Å². The van der Waals surface area contributed by atoms with Gasteiger partial charge in [0.25, 0.3) is 0 Å². The molecule has 0 atom stereocenters. The summed E-state index contributed by atoms with van der Waals surface area (Å²) in [7, 11) is 0. The van der Waals surface area contributed by atoms with Crippen LogP contribution in [0, 0.1) is 0 Å². The van der Waals surface area contributed by atoms with Crippen molar-refractivity contribution in [2.75, 3.05) is 4.90 Å². The van der Waals surface area contributed by atoms with Gasteiger partial charge < -0.3 is 9.47 Å². The lowest BCUT2D eigenvalue weighted by molar-refractivity contribution is 0.608. The lowest BCUT2D eigenvalue weighted by atomic mass is 10.1. The summed E-state index contributed by atoms with van der Waals surface area (Å²) in [5.41, 5.74) is 5.01. The summed E-state index contributed by atoms with van der Waals surface area (Å²) in [6, 6.07) is 27.1. The van der Waals surface area contributed by atoms with Crippen molar-refractivity contribution in [2.45, 2.75) is 39.8 Å². The predicted octanol–water partition coefficient (Wildman–Crippen LogP) is 6.41. The first kappa shape index (κ1) is 16.7. The minimum absolute atomic E-state index is 0.460. The average Bonchev–Trinajstić information content (AvgIpc) is 2.95. The largest absolute Gasteiger partial charge is 0.367 e. The molecule has 0 aliphatic carbocycles. The molecule has 0 saturated heterocycles. The van der Waals surface area contributed by atoms with Gasteiger partial charge in [0.1, 0.15) is 0 Å². The first-order chi connectivity index (χ1) is 12.6. The van der Waals surface area contributed by atoms with Gasteiger partial charge in [-0.3, -0.25) is 0 Å². The summed E-state index contributed by atoms with van der Waals surface area (Å²) in [5.74, 6) is 0. The molecule has 4 aromatic rings. The van der Waals surface area contributed by atoms with Crippen molar-refractivity contribution < 1.29 is 0 Å². The molecule has 4 rings (SSSR count). The topological polar surface area (TPSA) is 8.17 Å². The molecular formula is C24H26N2. The molecule has 0 N–H and O–H groups in total. The molecule has 132 valence electrons. The Morgan fingerprint density at radius 2 is 1.27 bits per heavy atom. The Morgan fingerprint density at radius 1 is 0.654 bits per heavy atom. The molecular weight excluding hydrogens is 316 g/mol. The normalized spacial score (nSPS) is 11.8. The van der Waals surface area contributed by atoms with Crippen LogP contribution in [0.2, 0.25) is 0 Å². The molecule has 0 saturated carbocycles. The fourth-order valence-corrected chi connectivity index (χ4v) is 4.17. The van der Waals surface area contributed by atoms with Crippen molar-refractivity contribution in [3.63, 3.8) is 0 Å². The summed E-state index contributed by atoms with van der Waals surface area (Å²) < 4.78 is 2.38. The van der Waals surface area contributed by atoms with Crippen LogP contribution in [0.1, 0.15) is 27.7 Å². The van der Waals surface area contributed by atoms with Gasteiger partial charge in [0.15, 0.2) is 0 Å². The zero-order valence-electron chi connectivity index (χ0n) is 16.0. The quantitative estimate of drug-likeness (QED) is 0.416. The molecule has 0 aliphatic heterocycles. The van der Waals surface area contributed by atoms with Gasteiger partial charge in [-0.05, 0) is 58.0 Å². The second kappa shape index (κ2) is 6.53. The lowest BCUT2D eigenvalue weighted by Crippen LogP contribution is -2.36. The standard InChI is InChI=1S/C24H26N2/c1-17(2)25(18(3)4)20-14-15-22-21-12-8-9-13-23(21)26(24(22)16-20)19-10-6-5-7-11-19/h5-18H,1-4H3. The predicted molar refractivity (Wildman–Crippen MR) is 114 cm³/mol. The van der Waals surface area contributed by atoms with Crippen LogP contribution in [0.4, 0.5) is 5.69 Å². The molecule has 0 radical (unpaired) electrons. The first-order valence-electron chi connectivity index (χ1n) is 9.45. The molecule has 2 heteroatoms. The molecule has 0 spiro atoms. The van der Waals surface area contributed by atoms with Crippen LogP contribution >= 0.6 is 0 Å². The second-order valence-corrected chi connectivity index (χ2v) is 7.48. The molecule has 0 bridgehead atoms. The van der Waals surface area contributed by atoms with Crippen LogP contribution in [0.15, 0.2) is 72.8 Å². The number of rotatable bonds is 4. The molecule has 3 aromatic carbocycles. The SMILES string of the molecule is CC(C)N(c1ccc2c3ccccc3n(-c3ccccc3)c2c1)C(C)C. The smallest absolute Gasteiger partial charge is 0.0561 e. The zero-order valence-corrected chi connectivity index (χ0v) is 16.0. The van der Waals surface area contributed by atoms with Crippen LogP contribution in [0.3, 0.4) is 0 Å². The summed E-state index contributed by atoms with van der Waals surface area (Å²) in [6.07, 6.45) is 0. The van der Waals surface area contributed by atoms with Crippen molar-refractivity contribution in [2.24, 2.45) is 0 Å². The minimum atomic E-state index is 0.460. The van der Waals surface area contributed by atoms with E-state index in [1.807, 2.05) is 0 Å². The van der Waals surface area contributed by atoms with Crippen LogP contribution in [-0.4, -0.2) is 16.7 Å². The number of hydrogen-bond donors (Lipinski definition) is 0. The summed E-state index contributed by atoms with van der Waals surface area (Å²) in [6.45, 7) is 9.04. The lowest BCUT2D eigenvalue weighted by Gasteiger charge is -2.33. The van der Waals surface area contributed by atoms with Crippen molar-refractivity contribution in [3.8, 4) is 5.69 Å². The molecule has 1 aromatic heterocycles. The van der Waals surface area contributed by atoms with E-state index in [2.05, 4.69) is 110 Å². The van der Waals surface area contributed by atoms with E-state index in [1.165, 1.54) is 33.2 Å². The van der Waals surface area contributed by atoms with Crippen LogP contribution in [0.5, 0.6) is 0 Å². The Labute approximate surface area is 155 Å². The highest BCUT2D eigenvalue weighted by molar-refractivity contribution is 6.10. The molecule has 0 aliphatic rings. The number of anilines is 1. The van der Waals surface area contributed by atoms with E-state index < -0.39 is 0 Å². The minimum Gasteiger partial charge on any atom is -0.367 e. The van der Waals surface area contributed by atoms with Crippen LogP contribution in [-0.2, 0) is 0 Å². The third kappa shape index (κ3) is 2.66. The van der Waals surface area contributed by atoms with E-state index in [0.29, 0.717) is 12.1 Å². The molecule has 1 heterocycles. The van der Waals surface area contributed by atoms with E-state index in [-0.39, 0.29) is 0 Å². The highest BCUT2D eigenvalue weighted by atomic mass is 15.2. The highest BCUT2D eigenvalue weighted by Crippen LogP contribution is 2.35. The first-order valence-corrected chi connectivity index (χ1v) is 9.45. The molecule has 2 nitrogen and oxygen atoms in total. The fourth-order valence-electron chi connectivity index (χ4n) is 4.17. The molecule has 0 unspecified atom stereocenters. The maximum absolute atomic E-state index is 2.48. The maximum atomic E-state index is 2.48. The van der Waals surface area contributed by atoms with Gasteiger partial charge in [-0.2, -0.15) is 0 Å². The van der Waals surface area contributed by atoms with Crippen molar-refractivity contribution >= 4 is 27.5 Å². The van der Waals surface area contributed by atoms with Gasteiger partial charge >= 0.3 is 0 Å². The van der Waals surface area contributed by atoms with Gasteiger partial charge in [0.05, 0.1) is 11.0 Å². The number of fused-ring (bicyclic) bond motifs is 3. The van der Waals surface area contributed by atoms with Gasteiger partial charge in [-0.25, -0.2) is 0 Å².